The summed E-state index contributed by atoms with van der Waals surface area (Å²) in [4.78, 5) is 0. The molecule has 1 aliphatic rings. The zero-order valence-corrected chi connectivity index (χ0v) is 11.4. The third-order valence-electron chi connectivity index (χ3n) is 3.46. The second-order valence-electron chi connectivity index (χ2n) is 5.28. The van der Waals surface area contributed by atoms with Gasteiger partial charge in [0.05, 0.1) is 0 Å². The Bertz CT molecular complexity index is 161. The van der Waals surface area contributed by atoms with Crippen molar-refractivity contribution in [2.45, 2.75) is 52.0 Å². The summed E-state index contributed by atoms with van der Waals surface area (Å²) >= 11 is 1.96. The smallest absolute Gasteiger partial charge is 0.00672 e. The quantitative estimate of drug-likeness (QED) is 0.724. The Labute approximate surface area is 99.8 Å². The first-order valence-electron chi connectivity index (χ1n) is 6.44. The molecule has 3 unspecified atom stereocenters. The lowest BCUT2D eigenvalue weighted by atomic mass is 10.0. The summed E-state index contributed by atoms with van der Waals surface area (Å²) in [5, 5.41) is 3.75. The van der Waals surface area contributed by atoms with Crippen LogP contribution in [0.5, 0.6) is 0 Å². The van der Waals surface area contributed by atoms with Gasteiger partial charge in [0.25, 0.3) is 0 Å². The highest BCUT2D eigenvalue weighted by Gasteiger charge is 2.15. The Hall–Kier alpha value is 0.310. The van der Waals surface area contributed by atoms with Crippen LogP contribution in [0.15, 0.2) is 0 Å². The molecule has 0 amide bonds. The van der Waals surface area contributed by atoms with Crippen molar-refractivity contribution in [1.82, 2.24) is 5.32 Å². The van der Waals surface area contributed by atoms with Crippen LogP contribution in [-0.4, -0.2) is 24.6 Å². The molecule has 15 heavy (non-hydrogen) atoms. The van der Waals surface area contributed by atoms with Gasteiger partial charge in [0.1, 0.15) is 0 Å². The molecule has 0 aromatic carbocycles. The van der Waals surface area contributed by atoms with Crippen molar-refractivity contribution in [2.75, 3.05) is 18.6 Å². The topological polar surface area (TPSA) is 12.0 Å². The minimum absolute atomic E-state index is 0.805. The van der Waals surface area contributed by atoms with E-state index in [1.807, 2.05) is 11.8 Å². The van der Waals surface area contributed by atoms with Crippen molar-refractivity contribution in [3.05, 3.63) is 0 Å². The first kappa shape index (κ1) is 13.4. The lowest BCUT2D eigenvalue weighted by Gasteiger charge is -2.19. The monoisotopic (exact) mass is 229 g/mol. The molecule has 1 N–H and O–H groups in total. The van der Waals surface area contributed by atoms with E-state index in [2.05, 4.69) is 25.4 Å². The third kappa shape index (κ3) is 5.82. The van der Waals surface area contributed by atoms with Gasteiger partial charge in [-0.05, 0) is 49.7 Å². The van der Waals surface area contributed by atoms with Crippen LogP contribution in [0.1, 0.15) is 46.0 Å². The fourth-order valence-electron chi connectivity index (χ4n) is 2.40. The van der Waals surface area contributed by atoms with Gasteiger partial charge in [-0.25, -0.2) is 0 Å². The molecule has 1 rings (SSSR count). The highest BCUT2D eigenvalue weighted by Crippen LogP contribution is 2.22. The fraction of sp³-hybridized carbons (Fsp3) is 1.00. The minimum atomic E-state index is 0.805. The summed E-state index contributed by atoms with van der Waals surface area (Å²) < 4.78 is 0. The van der Waals surface area contributed by atoms with Gasteiger partial charge in [0.2, 0.25) is 0 Å². The van der Waals surface area contributed by atoms with Gasteiger partial charge in [-0.2, -0.15) is 11.8 Å². The van der Waals surface area contributed by atoms with E-state index < -0.39 is 0 Å². The molecule has 0 saturated heterocycles. The van der Waals surface area contributed by atoms with Crippen LogP contribution in [0.3, 0.4) is 0 Å². The van der Waals surface area contributed by atoms with E-state index in [9.17, 15) is 0 Å². The van der Waals surface area contributed by atoms with Gasteiger partial charge >= 0.3 is 0 Å². The molecular weight excluding hydrogens is 202 g/mol. The molecule has 0 radical (unpaired) electrons. The Morgan fingerprint density at radius 1 is 1.27 bits per heavy atom. The predicted octanol–water partition coefficient (Wildman–Crippen LogP) is 3.54. The third-order valence-corrected chi connectivity index (χ3v) is 4.37. The van der Waals surface area contributed by atoms with Crippen molar-refractivity contribution in [2.24, 2.45) is 11.8 Å². The molecule has 0 heterocycles. The first-order chi connectivity index (χ1) is 7.22. The summed E-state index contributed by atoms with van der Waals surface area (Å²) in [6, 6.07) is 0.805. The van der Waals surface area contributed by atoms with Gasteiger partial charge in [-0.3, -0.25) is 0 Å². The normalized spacial score (nSPS) is 29.8. The minimum Gasteiger partial charge on any atom is -0.314 e. The molecule has 0 aromatic rings. The molecule has 0 spiro atoms. The van der Waals surface area contributed by atoms with Crippen LogP contribution >= 0.6 is 11.8 Å². The Morgan fingerprint density at radius 2 is 2.07 bits per heavy atom. The maximum absolute atomic E-state index is 3.75. The van der Waals surface area contributed by atoms with Crippen molar-refractivity contribution < 1.29 is 0 Å². The van der Waals surface area contributed by atoms with Crippen LogP contribution in [0, 0.1) is 11.8 Å². The number of rotatable bonds is 5. The van der Waals surface area contributed by atoms with Crippen LogP contribution in [0.2, 0.25) is 0 Å². The van der Waals surface area contributed by atoms with Crippen LogP contribution < -0.4 is 5.32 Å². The zero-order chi connectivity index (χ0) is 11.1. The maximum atomic E-state index is 3.75. The second kappa shape index (κ2) is 7.56. The lowest BCUT2D eigenvalue weighted by molar-refractivity contribution is 0.421. The Morgan fingerprint density at radius 3 is 2.80 bits per heavy atom. The number of hydrogen-bond donors (Lipinski definition) is 1. The Balaban J connectivity index is 2.14. The summed E-state index contributed by atoms with van der Waals surface area (Å²) in [5.74, 6) is 3.07. The molecule has 1 saturated carbocycles. The summed E-state index contributed by atoms with van der Waals surface area (Å²) in [5.41, 5.74) is 0. The fourth-order valence-corrected chi connectivity index (χ4v) is 3.09. The summed E-state index contributed by atoms with van der Waals surface area (Å²) in [6.07, 6.45) is 9.29. The van der Waals surface area contributed by atoms with E-state index in [4.69, 9.17) is 0 Å². The number of nitrogens with one attached hydrogen (secondary N) is 1. The average Bonchev–Trinajstić information content (AvgIpc) is 2.41. The summed E-state index contributed by atoms with van der Waals surface area (Å²) in [7, 11) is 0. The molecule has 0 aliphatic heterocycles. The average molecular weight is 229 g/mol. The van der Waals surface area contributed by atoms with Gasteiger partial charge in [0.15, 0.2) is 0 Å². The molecular formula is C13H27NS. The highest BCUT2D eigenvalue weighted by molar-refractivity contribution is 7.98. The van der Waals surface area contributed by atoms with Crippen LogP contribution in [0.4, 0.5) is 0 Å². The van der Waals surface area contributed by atoms with Crippen LogP contribution in [-0.2, 0) is 0 Å². The molecule has 1 aliphatic carbocycles. The van der Waals surface area contributed by atoms with E-state index in [-0.39, 0.29) is 0 Å². The SMILES string of the molecule is CSCC(C)CNC1CCCC(C)CC1. The van der Waals surface area contributed by atoms with E-state index >= 15 is 0 Å². The Kier molecular flexibility index (Phi) is 6.74. The molecule has 1 nitrogen and oxygen atoms in total. The van der Waals surface area contributed by atoms with Crippen molar-refractivity contribution in [1.29, 1.82) is 0 Å². The molecule has 2 heteroatoms. The van der Waals surface area contributed by atoms with Crippen molar-refractivity contribution in [3.8, 4) is 0 Å². The number of hydrogen-bond acceptors (Lipinski definition) is 2. The first-order valence-corrected chi connectivity index (χ1v) is 7.84. The molecule has 0 aromatic heterocycles. The molecule has 1 fully saturated rings. The van der Waals surface area contributed by atoms with Crippen molar-refractivity contribution in [3.63, 3.8) is 0 Å². The van der Waals surface area contributed by atoms with E-state index in [0.29, 0.717) is 0 Å². The van der Waals surface area contributed by atoms with Crippen LogP contribution in [0.25, 0.3) is 0 Å². The largest absolute Gasteiger partial charge is 0.314 e. The van der Waals surface area contributed by atoms with Gasteiger partial charge < -0.3 is 5.32 Å². The molecule has 90 valence electrons. The second-order valence-corrected chi connectivity index (χ2v) is 6.19. The molecule has 3 atom stereocenters. The standard InChI is InChI=1S/C13H27NS/c1-11-5-4-6-13(8-7-11)14-9-12(2)10-15-3/h11-14H,4-10H2,1-3H3. The van der Waals surface area contributed by atoms with Gasteiger partial charge in [0, 0.05) is 6.04 Å². The van der Waals surface area contributed by atoms with E-state index in [1.54, 1.807) is 0 Å². The van der Waals surface area contributed by atoms with Gasteiger partial charge in [-0.15, -0.1) is 0 Å². The maximum Gasteiger partial charge on any atom is 0.00672 e. The van der Waals surface area contributed by atoms with E-state index in [1.165, 1.54) is 44.4 Å². The van der Waals surface area contributed by atoms with E-state index in [0.717, 1.165) is 17.9 Å². The van der Waals surface area contributed by atoms with Gasteiger partial charge in [-0.1, -0.05) is 26.7 Å². The lowest BCUT2D eigenvalue weighted by Crippen LogP contribution is -2.33. The number of thioether (sulfide) groups is 1. The highest BCUT2D eigenvalue weighted by atomic mass is 32.2. The summed E-state index contributed by atoms with van der Waals surface area (Å²) in [6.45, 7) is 5.96. The predicted molar refractivity (Wildman–Crippen MR) is 71.6 cm³/mol. The molecule has 0 bridgehead atoms. The zero-order valence-electron chi connectivity index (χ0n) is 10.6. The van der Waals surface area contributed by atoms with Crippen molar-refractivity contribution >= 4 is 11.8 Å².